The predicted molar refractivity (Wildman–Crippen MR) is 145 cm³/mol. The summed E-state index contributed by atoms with van der Waals surface area (Å²) >= 11 is 0. The van der Waals surface area contributed by atoms with Gasteiger partial charge in [-0.1, -0.05) is 23.4 Å². The van der Waals surface area contributed by atoms with Crippen molar-refractivity contribution in [2.75, 3.05) is 51.3 Å². The van der Waals surface area contributed by atoms with Gasteiger partial charge < -0.3 is 19.1 Å². The lowest BCUT2D eigenvalue weighted by Crippen LogP contribution is -2.34. The molecule has 0 saturated heterocycles. The molecule has 0 spiro atoms. The summed E-state index contributed by atoms with van der Waals surface area (Å²) in [4.78, 5) is 21.3. The lowest BCUT2D eigenvalue weighted by Gasteiger charge is -2.22. The van der Waals surface area contributed by atoms with Crippen LogP contribution in [0.3, 0.4) is 0 Å². The zero-order valence-electron chi connectivity index (χ0n) is 22.3. The third-order valence-electron chi connectivity index (χ3n) is 6.18. The molecule has 0 bridgehead atoms. The van der Waals surface area contributed by atoms with Gasteiger partial charge in [-0.3, -0.25) is 4.79 Å². The number of ether oxygens (including phenoxy) is 1. The molecule has 4 aromatic rings. The molecule has 2 heterocycles. The van der Waals surface area contributed by atoms with Crippen molar-refractivity contribution >= 4 is 6.01 Å². The van der Waals surface area contributed by atoms with Gasteiger partial charge in [0.05, 0.1) is 18.8 Å². The van der Waals surface area contributed by atoms with Gasteiger partial charge in [0.25, 0.3) is 5.56 Å². The van der Waals surface area contributed by atoms with Crippen LogP contribution in [0.25, 0.3) is 22.6 Å². The minimum Gasteiger partial charge on any atom is -0.380 e. The summed E-state index contributed by atoms with van der Waals surface area (Å²) < 4.78 is 39.6. The van der Waals surface area contributed by atoms with Crippen molar-refractivity contribution in [3.05, 3.63) is 82.1 Å². The highest BCUT2D eigenvalue weighted by Crippen LogP contribution is 2.22. The van der Waals surface area contributed by atoms with Crippen molar-refractivity contribution in [3.8, 4) is 22.6 Å². The van der Waals surface area contributed by atoms with E-state index < -0.39 is 11.6 Å². The number of hydrogen-bond acceptors (Lipinski definition) is 8. The summed E-state index contributed by atoms with van der Waals surface area (Å²) in [6, 6.07) is 13.7. The number of aromatic nitrogens is 4. The van der Waals surface area contributed by atoms with E-state index in [0.29, 0.717) is 31.6 Å². The molecule has 0 unspecified atom stereocenters. The minimum absolute atomic E-state index is 0.151. The van der Waals surface area contributed by atoms with Crippen LogP contribution in [0.1, 0.15) is 19.4 Å². The maximum atomic E-state index is 13.7. The quantitative estimate of drug-likeness (QED) is 0.235. The van der Waals surface area contributed by atoms with E-state index in [-0.39, 0.29) is 23.4 Å². The van der Waals surface area contributed by atoms with Crippen LogP contribution in [-0.2, 0) is 11.3 Å². The summed E-state index contributed by atoms with van der Waals surface area (Å²) in [6.45, 7) is 8.65. The molecule has 0 aliphatic heterocycles. The largest absolute Gasteiger partial charge is 0.380 e. The second-order valence-corrected chi connectivity index (χ2v) is 9.05. The van der Waals surface area contributed by atoms with Gasteiger partial charge >= 0.3 is 6.01 Å². The lowest BCUT2D eigenvalue weighted by molar-refractivity contribution is 0.123. The van der Waals surface area contributed by atoms with E-state index in [2.05, 4.69) is 20.1 Å². The molecule has 4 rings (SSSR count). The summed E-state index contributed by atoms with van der Waals surface area (Å²) in [5, 5.41) is 8.48. The maximum Gasteiger partial charge on any atom is 0.324 e. The van der Waals surface area contributed by atoms with Crippen LogP contribution in [0, 0.1) is 11.6 Å². The monoisotopic (exact) mass is 538 g/mol. The van der Waals surface area contributed by atoms with Gasteiger partial charge in [-0.25, -0.2) is 13.5 Å². The molecular weight excluding hydrogens is 506 g/mol. The summed E-state index contributed by atoms with van der Waals surface area (Å²) in [5.74, 6) is -1.00. The molecule has 0 aliphatic carbocycles. The molecule has 2 aromatic carbocycles. The van der Waals surface area contributed by atoms with Crippen molar-refractivity contribution in [2.45, 2.75) is 20.4 Å². The Morgan fingerprint density at radius 2 is 1.77 bits per heavy atom. The molecule has 2 aromatic heterocycles. The first-order chi connectivity index (χ1) is 18.9. The van der Waals surface area contributed by atoms with Crippen LogP contribution >= 0.6 is 0 Å². The number of halogens is 2. The fourth-order valence-electron chi connectivity index (χ4n) is 4.02. The van der Waals surface area contributed by atoms with Crippen molar-refractivity contribution < 1.29 is 18.0 Å². The smallest absolute Gasteiger partial charge is 0.324 e. The molecule has 11 heteroatoms. The van der Waals surface area contributed by atoms with E-state index in [4.69, 9.17) is 9.26 Å². The second kappa shape index (κ2) is 13.2. The van der Waals surface area contributed by atoms with Gasteiger partial charge in [-0.15, -0.1) is 0 Å². The Bertz CT molecular complexity index is 1420. The highest BCUT2D eigenvalue weighted by molar-refractivity contribution is 5.59. The average Bonchev–Trinajstić information content (AvgIpc) is 3.40. The van der Waals surface area contributed by atoms with Crippen molar-refractivity contribution in [1.29, 1.82) is 0 Å². The van der Waals surface area contributed by atoms with E-state index in [9.17, 15) is 13.6 Å². The fraction of sp³-hybridized carbons (Fsp3) is 0.357. The van der Waals surface area contributed by atoms with Crippen LogP contribution in [0.2, 0.25) is 0 Å². The van der Waals surface area contributed by atoms with Crippen LogP contribution < -0.4 is 10.5 Å². The normalized spacial score (nSPS) is 11.3. The highest BCUT2D eigenvalue weighted by Gasteiger charge is 2.16. The maximum absolute atomic E-state index is 13.7. The van der Waals surface area contributed by atoms with Crippen LogP contribution in [0.5, 0.6) is 0 Å². The van der Waals surface area contributed by atoms with Crippen molar-refractivity contribution in [1.82, 2.24) is 24.8 Å². The van der Waals surface area contributed by atoms with E-state index in [1.165, 1.54) is 28.9 Å². The summed E-state index contributed by atoms with van der Waals surface area (Å²) in [6.07, 6.45) is 0. The highest BCUT2D eigenvalue weighted by atomic mass is 19.1. The summed E-state index contributed by atoms with van der Waals surface area (Å²) in [7, 11) is 2.05. The molecule has 0 atom stereocenters. The SMILES string of the molecule is CCOCCN(C)CCN(CC)c1nc(-c2cccc(Cn3nc(-c4cc(F)cc(F)c4)ccc3=O)c2)no1. The lowest BCUT2D eigenvalue weighted by atomic mass is 10.1. The standard InChI is InChI=1S/C28H32F2N6O3/c1-4-35(12-11-34(3)13-14-38-5-2)28-31-27(33-39-28)21-8-6-7-20(15-21)19-36-26(37)10-9-25(32-36)22-16-23(29)18-24(30)17-22/h6-10,15-18H,4-5,11-14,19H2,1-3H3. The van der Waals surface area contributed by atoms with Crippen molar-refractivity contribution in [2.24, 2.45) is 0 Å². The van der Waals surface area contributed by atoms with E-state index in [1.807, 2.05) is 50.1 Å². The number of benzene rings is 2. The number of anilines is 1. The van der Waals surface area contributed by atoms with Gasteiger partial charge in [-0.05, 0) is 50.7 Å². The predicted octanol–water partition coefficient (Wildman–Crippen LogP) is 4.08. The Morgan fingerprint density at radius 1 is 0.974 bits per heavy atom. The molecule has 39 heavy (non-hydrogen) atoms. The topological polar surface area (TPSA) is 89.5 Å². The minimum atomic E-state index is -0.716. The Morgan fingerprint density at radius 3 is 2.51 bits per heavy atom. The molecule has 0 radical (unpaired) electrons. The van der Waals surface area contributed by atoms with E-state index >= 15 is 0 Å². The number of likely N-dealkylation sites (N-methyl/N-ethyl adjacent to an activating group) is 2. The Balaban J connectivity index is 1.47. The first-order valence-electron chi connectivity index (χ1n) is 12.8. The van der Waals surface area contributed by atoms with Gasteiger partial charge in [0, 0.05) is 56.0 Å². The Kier molecular flexibility index (Phi) is 9.50. The van der Waals surface area contributed by atoms with Crippen LogP contribution in [0.4, 0.5) is 14.8 Å². The van der Waals surface area contributed by atoms with Gasteiger partial charge in [0.15, 0.2) is 0 Å². The Hall–Kier alpha value is -3.96. The Labute approximate surface area is 225 Å². The molecule has 0 aliphatic rings. The zero-order valence-corrected chi connectivity index (χ0v) is 22.3. The molecule has 9 nitrogen and oxygen atoms in total. The number of hydrogen-bond donors (Lipinski definition) is 0. The molecule has 0 saturated carbocycles. The molecule has 0 fully saturated rings. The summed E-state index contributed by atoms with van der Waals surface area (Å²) in [5.41, 5.74) is 1.70. The number of rotatable bonds is 13. The average molecular weight is 539 g/mol. The molecular formula is C28H32F2N6O3. The fourth-order valence-corrected chi connectivity index (χ4v) is 4.02. The first-order valence-corrected chi connectivity index (χ1v) is 12.8. The molecule has 206 valence electrons. The third-order valence-corrected chi connectivity index (χ3v) is 6.18. The third kappa shape index (κ3) is 7.55. The van der Waals surface area contributed by atoms with Crippen LogP contribution in [0.15, 0.2) is 63.9 Å². The molecule has 0 N–H and O–H groups in total. The van der Waals surface area contributed by atoms with E-state index in [0.717, 1.165) is 36.8 Å². The number of nitrogens with zero attached hydrogens (tertiary/aromatic N) is 6. The van der Waals surface area contributed by atoms with Crippen LogP contribution in [-0.4, -0.2) is 71.3 Å². The van der Waals surface area contributed by atoms with Crippen molar-refractivity contribution in [3.63, 3.8) is 0 Å². The first kappa shape index (κ1) is 28.1. The zero-order chi connectivity index (χ0) is 27.8. The van der Waals surface area contributed by atoms with Gasteiger partial charge in [-0.2, -0.15) is 10.1 Å². The van der Waals surface area contributed by atoms with Gasteiger partial charge in [0.1, 0.15) is 11.6 Å². The van der Waals surface area contributed by atoms with Gasteiger partial charge in [0.2, 0.25) is 5.82 Å². The molecule has 0 amide bonds. The van der Waals surface area contributed by atoms with E-state index in [1.54, 1.807) is 0 Å². The second-order valence-electron chi connectivity index (χ2n) is 9.05.